The molecule has 0 saturated heterocycles. The predicted molar refractivity (Wildman–Crippen MR) is 86.5 cm³/mol. The van der Waals surface area contributed by atoms with Crippen molar-refractivity contribution < 1.29 is 9.53 Å². The van der Waals surface area contributed by atoms with E-state index in [0.717, 1.165) is 36.1 Å². The van der Waals surface area contributed by atoms with Gasteiger partial charge in [0.15, 0.2) is 0 Å². The SMILES string of the molecule is Nc1sc(-c2ccccc2)cc1C(=O)OC1CCCCC1. The summed E-state index contributed by atoms with van der Waals surface area (Å²) in [5, 5.41) is 0.537. The summed E-state index contributed by atoms with van der Waals surface area (Å²) in [6, 6.07) is 11.8. The standard InChI is InChI=1S/C17H19NO2S/c18-16-14(17(19)20-13-9-5-2-6-10-13)11-15(21-16)12-7-3-1-4-8-12/h1,3-4,7-8,11,13H,2,5-6,9-10,18H2. The number of nitrogen functional groups attached to an aromatic ring is 1. The number of hydrogen-bond donors (Lipinski definition) is 1. The van der Waals surface area contributed by atoms with Gasteiger partial charge >= 0.3 is 5.97 Å². The van der Waals surface area contributed by atoms with E-state index in [0.29, 0.717) is 10.6 Å². The van der Waals surface area contributed by atoms with Gasteiger partial charge in [0.25, 0.3) is 0 Å². The molecule has 21 heavy (non-hydrogen) atoms. The average molecular weight is 301 g/mol. The van der Waals surface area contributed by atoms with Crippen LogP contribution in [0, 0.1) is 0 Å². The Morgan fingerprint density at radius 3 is 2.57 bits per heavy atom. The van der Waals surface area contributed by atoms with Crippen LogP contribution in [0.5, 0.6) is 0 Å². The molecule has 1 saturated carbocycles. The highest BCUT2D eigenvalue weighted by molar-refractivity contribution is 7.19. The van der Waals surface area contributed by atoms with Crippen LogP contribution in [0.3, 0.4) is 0 Å². The van der Waals surface area contributed by atoms with Crippen molar-refractivity contribution >= 4 is 22.3 Å². The van der Waals surface area contributed by atoms with Gasteiger partial charge in [0, 0.05) is 4.88 Å². The first-order chi connectivity index (χ1) is 10.2. The molecule has 0 aliphatic heterocycles. The van der Waals surface area contributed by atoms with E-state index in [4.69, 9.17) is 10.5 Å². The Morgan fingerprint density at radius 1 is 1.14 bits per heavy atom. The predicted octanol–water partition coefficient (Wildman–Crippen LogP) is 4.49. The number of anilines is 1. The molecule has 1 aromatic carbocycles. The number of esters is 1. The van der Waals surface area contributed by atoms with Crippen LogP contribution >= 0.6 is 11.3 Å². The summed E-state index contributed by atoms with van der Waals surface area (Å²) in [5.74, 6) is -0.280. The van der Waals surface area contributed by atoms with Gasteiger partial charge in [-0.3, -0.25) is 0 Å². The van der Waals surface area contributed by atoms with E-state index in [1.54, 1.807) is 0 Å². The first-order valence-electron chi connectivity index (χ1n) is 7.40. The summed E-state index contributed by atoms with van der Waals surface area (Å²) >= 11 is 1.43. The van der Waals surface area contributed by atoms with Crippen molar-refractivity contribution in [2.75, 3.05) is 5.73 Å². The van der Waals surface area contributed by atoms with Gasteiger partial charge in [-0.1, -0.05) is 36.8 Å². The van der Waals surface area contributed by atoms with Gasteiger partial charge in [-0.05, 0) is 37.3 Å². The second kappa shape index (κ2) is 6.31. The smallest absolute Gasteiger partial charge is 0.341 e. The highest BCUT2D eigenvalue weighted by Crippen LogP contribution is 2.34. The van der Waals surface area contributed by atoms with Gasteiger partial charge < -0.3 is 10.5 Å². The third-order valence-electron chi connectivity index (χ3n) is 3.86. The molecule has 0 bridgehead atoms. The van der Waals surface area contributed by atoms with Gasteiger partial charge in [0.2, 0.25) is 0 Å². The molecule has 2 N–H and O–H groups in total. The van der Waals surface area contributed by atoms with Gasteiger partial charge in [-0.15, -0.1) is 11.3 Å². The number of carbonyl (C=O) groups is 1. The number of nitrogens with two attached hydrogens (primary N) is 1. The van der Waals surface area contributed by atoms with Crippen molar-refractivity contribution in [2.24, 2.45) is 0 Å². The Morgan fingerprint density at radius 2 is 1.86 bits per heavy atom. The molecule has 110 valence electrons. The molecule has 0 unspecified atom stereocenters. The van der Waals surface area contributed by atoms with Gasteiger partial charge in [-0.25, -0.2) is 4.79 Å². The van der Waals surface area contributed by atoms with E-state index in [9.17, 15) is 4.79 Å². The molecule has 4 heteroatoms. The van der Waals surface area contributed by atoms with Crippen molar-refractivity contribution in [2.45, 2.75) is 38.2 Å². The Balaban J connectivity index is 1.76. The zero-order valence-electron chi connectivity index (χ0n) is 11.9. The van der Waals surface area contributed by atoms with Crippen LogP contribution in [-0.4, -0.2) is 12.1 Å². The molecule has 0 radical (unpaired) electrons. The van der Waals surface area contributed by atoms with Crippen LogP contribution in [0.1, 0.15) is 42.5 Å². The minimum atomic E-state index is -0.280. The topological polar surface area (TPSA) is 52.3 Å². The molecule has 0 atom stereocenters. The number of hydrogen-bond acceptors (Lipinski definition) is 4. The lowest BCUT2D eigenvalue weighted by Gasteiger charge is -2.21. The normalized spacial score (nSPS) is 15.8. The highest BCUT2D eigenvalue weighted by Gasteiger charge is 2.22. The van der Waals surface area contributed by atoms with Crippen LogP contribution in [0.2, 0.25) is 0 Å². The average Bonchev–Trinajstić information content (AvgIpc) is 2.91. The number of benzene rings is 1. The van der Waals surface area contributed by atoms with E-state index >= 15 is 0 Å². The lowest BCUT2D eigenvalue weighted by molar-refractivity contribution is 0.0213. The van der Waals surface area contributed by atoms with Crippen molar-refractivity contribution in [3.8, 4) is 10.4 Å². The minimum absolute atomic E-state index is 0.0609. The molecular formula is C17H19NO2S. The zero-order chi connectivity index (χ0) is 14.7. The highest BCUT2D eigenvalue weighted by atomic mass is 32.1. The monoisotopic (exact) mass is 301 g/mol. The van der Waals surface area contributed by atoms with E-state index in [1.165, 1.54) is 17.8 Å². The number of rotatable bonds is 3. The zero-order valence-corrected chi connectivity index (χ0v) is 12.7. The maximum atomic E-state index is 12.3. The van der Waals surface area contributed by atoms with E-state index in [1.807, 2.05) is 36.4 Å². The number of thiophene rings is 1. The maximum Gasteiger partial charge on any atom is 0.341 e. The summed E-state index contributed by atoms with van der Waals surface area (Å²) in [6.45, 7) is 0. The van der Waals surface area contributed by atoms with Crippen molar-refractivity contribution in [1.29, 1.82) is 0 Å². The first kappa shape index (κ1) is 14.1. The molecule has 1 fully saturated rings. The Kier molecular flexibility index (Phi) is 4.25. The lowest BCUT2D eigenvalue weighted by Crippen LogP contribution is -2.21. The summed E-state index contributed by atoms with van der Waals surface area (Å²) in [6.07, 6.45) is 5.54. The van der Waals surface area contributed by atoms with Crippen molar-refractivity contribution in [1.82, 2.24) is 0 Å². The summed E-state index contributed by atoms with van der Waals surface area (Å²) < 4.78 is 5.60. The second-order valence-corrected chi connectivity index (χ2v) is 6.50. The number of ether oxygens (including phenoxy) is 1. The Bertz CT molecular complexity index is 615. The third kappa shape index (κ3) is 3.27. The minimum Gasteiger partial charge on any atom is -0.459 e. The van der Waals surface area contributed by atoms with Crippen molar-refractivity contribution in [3.05, 3.63) is 42.0 Å². The van der Waals surface area contributed by atoms with Crippen LogP contribution in [0.25, 0.3) is 10.4 Å². The summed E-state index contributed by atoms with van der Waals surface area (Å²) in [4.78, 5) is 13.3. The fourth-order valence-corrected chi connectivity index (χ4v) is 3.63. The van der Waals surface area contributed by atoms with Crippen LogP contribution in [0.15, 0.2) is 36.4 Å². The molecule has 2 aromatic rings. The largest absolute Gasteiger partial charge is 0.459 e. The third-order valence-corrected chi connectivity index (χ3v) is 4.88. The van der Waals surface area contributed by atoms with Gasteiger partial charge in [0.05, 0.1) is 5.56 Å². The molecule has 0 spiro atoms. The van der Waals surface area contributed by atoms with E-state index in [2.05, 4.69) is 0 Å². The second-order valence-electron chi connectivity index (χ2n) is 5.42. The summed E-state index contributed by atoms with van der Waals surface area (Å²) in [7, 11) is 0. The molecule has 1 heterocycles. The Labute approximate surface area is 128 Å². The lowest BCUT2D eigenvalue weighted by atomic mass is 9.98. The summed E-state index contributed by atoms with van der Waals surface area (Å²) in [5.41, 5.74) is 7.58. The quantitative estimate of drug-likeness (QED) is 0.850. The van der Waals surface area contributed by atoms with Gasteiger partial charge in [-0.2, -0.15) is 0 Å². The van der Waals surface area contributed by atoms with E-state index < -0.39 is 0 Å². The molecule has 1 aliphatic carbocycles. The fraction of sp³-hybridized carbons (Fsp3) is 0.353. The number of carbonyl (C=O) groups excluding carboxylic acids is 1. The maximum absolute atomic E-state index is 12.3. The van der Waals surface area contributed by atoms with E-state index in [-0.39, 0.29) is 12.1 Å². The first-order valence-corrected chi connectivity index (χ1v) is 8.21. The fourth-order valence-electron chi connectivity index (χ4n) is 2.71. The molecule has 3 rings (SSSR count). The van der Waals surface area contributed by atoms with Crippen LogP contribution < -0.4 is 5.73 Å². The molecule has 3 nitrogen and oxygen atoms in total. The molecular weight excluding hydrogens is 282 g/mol. The molecule has 1 aromatic heterocycles. The molecule has 1 aliphatic rings. The Hall–Kier alpha value is -1.81. The van der Waals surface area contributed by atoms with Crippen LogP contribution in [0.4, 0.5) is 5.00 Å². The van der Waals surface area contributed by atoms with Gasteiger partial charge in [0.1, 0.15) is 11.1 Å². The van der Waals surface area contributed by atoms with Crippen molar-refractivity contribution in [3.63, 3.8) is 0 Å². The van der Waals surface area contributed by atoms with Crippen LogP contribution in [-0.2, 0) is 4.74 Å². The molecule has 0 amide bonds.